The van der Waals surface area contributed by atoms with E-state index in [1.165, 1.54) is 18.2 Å². The maximum absolute atomic E-state index is 12.2. The number of nitrogen functional groups attached to an aromatic ring is 1. The van der Waals surface area contributed by atoms with Crippen LogP contribution in [0.5, 0.6) is 0 Å². The van der Waals surface area contributed by atoms with Gasteiger partial charge < -0.3 is 16.2 Å². The fourth-order valence-corrected chi connectivity index (χ4v) is 2.43. The van der Waals surface area contributed by atoms with Crippen LogP contribution in [0.15, 0.2) is 40.9 Å². The van der Waals surface area contributed by atoms with Gasteiger partial charge in [-0.15, -0.1) is 0 Å². The second-order valence-corrected chi connectivity index (χ2v) is 5.42. The first-order chi connectivity index (χ1) is 9.90. The molecular weight excluding hydrogens is 360 g/mol. The van der Waals surface area contributed by atoms with Gasteiger partial charge in [-0.1, -0.05) is 17.7 Å². The largest absolute Gasteiger partial charge is 0.478 e. The predicted octanol–water partition coefficient (Wildman–Crippen LogP) is 3.64. The van der Waals surface area contributed by atoms with E-state index in [4.69, 9.17) is 22.4 Å². The van der Waals surface area contributed by atoms with E-state index in [-0.39, 0.29) is 16.3 Å². The van der Waals surface area contributed by atoms with Gasteiger partial charge in [-0.2, -0.15) is 0 Å². The van der Waals surface area contributed by atoms with Crippen molar-refractivity contribution >= 4 is 50.8 Å². The molecule has 21 heavy (non-hydrogen) atoms. The Kier molecular flexibility index (Phi) is 4.50. The molecule has 2 aromatic carbocycles. The molecule has 0 aliphatic carbocycles. The molecule has 0 saturated carbocycles. The summed E-state index contributed by atoms with van der Waals surface area (Å²) in [6, 6.07) is 9.23. The molecule has 0 atom stereocenters. The third-order valence-electron chi connectivity index (χ3n) is 2.71. The molecule has 0 bridgehead atoms. The van der Waals surface area contributed by atoms with Gasteiger partial charge in [0.2, 0.25) is 0 Å². The van der Waals surface area contributed by atoms with Crippen LogP contribution in [0.25, 0.3) is 0 Å². The second-order valence-electron chi connectivity index (χ2n) is 4.16. The summed E-state index contributed by atoms with van der Waals surface area (Å²) >= 11 is 9.10. The van der Waals surface area contributed by atoms with E-state index in [2.05, 4.69) is 21.2 Å². The number of anilines is 2. The Balaban J connectivity index is 2.39. The molecule has 0 heterocycles. The lowest BCUT2D eigenvalue weighted by atomic mass is 10.1. The number of rotatable bonds is 3. The van der Waals surface area contributed by atoms with Gasteiger partial charge in [0.25, 0.3) is 5.91 Å². The molecule has 0 spiro atoms. The third kappa shape index (κ3) is 3.34. The van der Waals surface area contributed by atoms with Crippen LogP contribution in [0.4, 0.5) is 11.4 Å². The van der Waals surface area contributed by atoms with E-state index in [9.17, 15) is 9.59 Å². The van der Waals surface area contributed by atoms with E-state index in [1.54, 1.807) is 18.2 Å². The first-order valence-electron chi connectivity index (χ1n) is 5.78. The van der Waals surface area contributed by atoms with E-state index < -0.39 is 11.9 Å². The number of amides is 1. The van der Waals surface area contributed by atoms with Crippen LogP contribution in [0, 0.1) is 0 Å². The topological polar surface area (TPSA) is 92.4 Å². The van der Waals surface area contributed by atoms with Gasteiger partial charge in [0.15, 0.2) is 0 Å². The molecule has 5 nitrogen and oxygen atoms in total. The Labute approximate surface area is 133 Å². The van der Waals surface area contributed by atoms with Gasteiger partial charge in [-0.3, -0.25) is 4.79 Å². The molecule has 0 aromatic heterocycles. The summed E-state index contributed by atoms with van der Waals surface area (Å²) in [5.74, 6) is -1.71. The number of halogens is 2. The Hall–Kier alpha value is -2.05. The summed E-state index contributed by atoms with van der Waals surface area (Å²) in [7, 11) is 0. The maximum Gasteiger partial charge on any atom is 0.339 e. The normalized spacial score (nSPS) is 10.2. The van der Waals surface area contributed by atoms with Crippen molar-refractivity contribution in [2.45, 2.75) is 0 Å². The van der Waals surface area contributed by atoms with Gasteiger partial charge >= 0.3 is 5.97 Å². The van der Waals surface area contributed by atoms with Crippen molar-refractivity contribution in [1.82, 2.24) is 0 Å². The zero-order valence-electron chi connectivity index (χ0n) is 10.6. The molecule has 1 amide bonds. The number of carbonyl (C=O) groups excluding carboxylic acids is 1. The first-order valence-corrected chi connectivity index (χ1v) is 6.95. The number of aromatic carboxylic acids is 1. The highest BCUT2D eigenvalue weighted by molar-refractivity contribution is 9.10. The number of carboxylic acids is 1. The molecule has 0 unspecified atom stereocenters. The Morgan fingerprint density at radius 2 is 1.95 bits per heavy atom. The second kappa shape index (κ2) is 6.15. The summed E-state index contributed by atoms with van der Waals surface area (Å²) in [5, 5.41) is 11.7. The average molecular weight is 370 g/mol. The van der Waals surface area contributed by atoms with Gasteiger partial charge in [0.1, 0.15) is 5.56 Å². The van der Waals surface area contributed by atoms with Gasteiger partial charge in [-0.25, -0.2) is 4.79 Å². The quantitative estimate of drug-likeness (QED) is 0.720. The van der Waals surface area contributed by atoms with Gasteiger partial charge in [0, 0.05) is 10.2 Å². The smallest absolute Gasteiger partial charge is 0.339 e. The van der Waals surface area contributed by atoms with Crippen molar-refractivity contribution in [2.24, 2.45) is 0 Å². The van der Waals surface area contributed by atoms with Crippen LogP contribution < -0.4 is 11.1 Å². The summed E-state index contributed by atoms with van der Waals surface area (Å²) in [6.45, 7) is 0. The Morgan fingerprint density at radius 3 is 2.62 bits per heavy atom. The maximum atomic E-state index is 12.2. The lowest BCUT2D eigenvalue weighted by molar-refractivity contribution is 0.0698. The van der Waals surface area contributed by atoms with Crippen molar-refractivity contribution in [1.29, 1.82) is 0 Å². The van der Waals surface area contributed by atoms with Crippen LogP contribution in [0.3, 0.4) is 0 Å². The van der Waals surface area contributed by atoms with E-state index in [1.807, 2.05) is 0 Å². The van der Waals surface area contributed by atoms with Crippen LogP contribution in [0.2, 0.25) is 5.02 Å². The molecule has 4 N–H and O–H groups in total. The number of nitrogens with two attached hydrogens (primary N) is 1. The van der Waals surface area contributed by atoms with E-state index >= 15 is 0 Å². The molecule has 108 valence electrons. The number of carbonyl (C=O) groups is 2. The summed E-state index contributed by atoms with van der Waals surface area (Å²) in [6.07, 6.45) is 0. The Morgan fingerprint density at radius 1 is 1.24 bits per heavy atom. The minimum absolute atomic E-state index is 0.0481. The molecular formula is C14H10BrClN2O3. The molecule has 0 fully saturated rings. The van der Waals surface area contributed by atoms with Crippen LogP contribution in [-0.4, -0.2) is 17.0 Å². The van der Waals surface area contributed by atoms with Crippen LogP contribution in [0.1, 0.15) is 20.7 Å². The first kappa shape index (κ1) is 15.3. The number of hydrogen-bond donors (Lipinski definition) is 3. The van der Waals surface area contributed by atoms with Crippen LogP contribution in [-0.2, 0) is 0 Å². The van der Waals surface area contributed by atoms with Crippen LogP contribution >= 0.6 is 27.5 Å². The van der Waals surface area contributed by atoms with Crippen molar-refractivity contribution in [3.05, 3.63) is 57.0 Å². The van der Waals surface area contributed by atoms with Gasteiger partial charge in [-0.05, 0) is 46.3 Å². The highest BCUT2D eigenvalue weighted by atomic mass is 79.9. The summed E-state index contributed by atoms with van der Waals surface area (Å²) in [4.78, 5) is 23.5. The molecule has 0 aliphatic heterocycles. The predicted molar refractivity (Wildman–Crippen MR) is 84.9 cm³/mol. The van der Waals surface area contributed by atoms with Crippen molar-refractivity contribution in [2.75, 3.05) is 11.1 Å². The van der Waals surface area contributed by atoms with Crippen molar-refractivity contribution in [3.8, 4) is 0 Å². The minimum Gasteiger partial charge on any atom is -0.478 e. The zero-order chi connectivity index (χ0) is 15.6. The van der Waals surface area contributed by atoms with E-state index in [0.29, 0.717) is 15.7 Å². The lowest BCUT2D eigenvalue weighted by Crippen LogP contribution is -2.16. The highest BCUT2D eigenvalue weighted by Crippen LogP contribution is 2.26. The third-order valence-corrected chi connectivity index (χ3v) is 3.72. The molecule has 0 radical (unpaired) electrons. The zero-order valence-corrected chi connectivity index (χ0v) is 12.9. The molecule has 7 heteroatoms. The number of carboxylic acid groups (broad SMARTS) is 1. The Bertz CT molecular complexity index is 734. The van der Waals surface area contributed by atoms with Crippen molar-refractivity contribution in [3.63, 3.8) is 0 Å². The molecule has 2 rings (SSSR count). The monoisotopic (exact) mass is 368 g/mol. The molecule has 0 aliphatic rings. The fraction of sp³-hybridized carbons (Fsp3) is 0. The summed E-state index contributed by atoms with van der Waals surface area (Å²) in [5.41, 5.74) is 6.33. The van der Waals surface area contributed by atoms with E-state index in [0.717, 1.165) is 0 Å². The molecule has 0 saturated heterocycles. The number of benzene rings is 2. The standard InChI is InChI=1S/C14H10BrClN2O3/c15-9-5-4-7(17)6-8(9)13(19)18-11-3-1-2-10(16)12(11)14(20)21/h1-6H,17H2,(H,18,19)(H,20,21). The molecule has 2 aromatic rings. The SMILES string of the molecule is Nc1ccc(Br)c(C(=O)Nc2cccc(Cl)c2C(=O)O)c1. The van der Waals surface area contributed by atoms with Gasteiger partial charge in [0.05, 0.1) is 16.3 Å². The average Bonchev–Trinajstić information content (AvgIpc) is 2.41. The highest BCUT2D eigenvalue weighted by Gasteiger charge is 2.18. The summed E-state index contributed by atoms with van der Waals surface area (Å²) < 4.78 is 0.549. The number of hydrogen-bond acceptors (Lipinski definition) is 3. The minimum atomic E-state index is -1.22. The number of nitrogens with one attached hydrogen (secondary N) is 1. The van der Waals surface area contributed by atoms with Crippen molar-refractivity contribution < 1.29 is 14.7 Å². The fourth-order valence-electron chi connectivity index (χ4n) is 1.75. The lowest BCUT2D eigenvalue weighted by Gasteiger charge is -2.11.